The fourth-order valence-electron chi connectivity index (χ4n) is 3.31. The van der Waals surface area contributed by atoms with Crippen LogP contribution in [0.4, 0.5) is 11.4 Å². The summed E-state index contributed by atoms with van der Waals surface area (Å²) in [5.74, 6) is 0.839. The largest absolute Gasteiger partial charge is 0.490 e. The van der Waals surface area contributed by atoms with Crippen LogP contribution in [0.15, 0.2) is 71.6 Å². The first-order chi connectivity index (χ1) is 16.9. The number of thiocarbonyl (C=S) groups is 1. The summed E-state index contributed by atoms with van der Waals surface area (Å²) >= 11 is 12.6. The normalized spacial score (nSPS) is 14.5. The molecule has 1 fully saturated rings. The number of ether oxygens (including phenoxy) is 2. The highest BCUT2D eigenvalue weighted by Crippen LogP contribution is 2.37. The van der Waals surface area contributed by atoms with E-state index in [9.17, 15) is 14.9 Å². The molecule has 3 aromatic carbocycles. The van der Waals surface area contributed by atoms with E-state index in [0.717, 1.165) is 11.1 Å². The monoisotopic (exact) mass is 526 g/mol. The molecule has 3 aromatic rings. The van der Waals surface area contributed by atoms with Gasteiger partial charge >= 0.3 is 0 Å². The van der Waals surface area contributed by atoms with Crippen LogP contribution in [0.3, 0.4) is 0 Å². The molecule has 1 aliphatic heterocycles. The number of carbonyl (C=O) groups is 1. The molecule has 1 heterocycles. The number of nitrogens with zero attached hydrogens (tertiary/aromatic N) is 2. The minimum atomic E-state index is -0.445. The summed E-state index contributed by atoms with van der Waals surface area (Å²) in [7, 11) is 0. The number of non-ortho nitro benzene ring substituents is 1. The number of carbonyl (C=O) groups excluding carboxylic acids is 1. The van der Waals surface area contributed by atoms with Crippen molar-refractivity contribution < 1.29 is 19.2 Å². The van der Waals surface area contributed by atoms with E-state index >= 15 is 0 Å². The highest BCUT2D eigenvalue weighted by Gasteiger charge is 2.33. The number of hydrogen-bond donors (Lipinski definition) is 0. The third-order valence-corrected chi connectivity index (χ3v) is 6.54. The Morgan fingerprint density at radius 2 is 1.77 bits per heavy atom. The predicted molar refractivity (Wildman–Crippen MR) is 142 cm³/mol. The van der Waals surface area contributed by atoms with E-state index in [-0.39, 0.29) is 18.2 Å². The number of nitro benzene ring substituents is 1. The number of hydrogen-bond acceptors (Lipinski definition) is 7. The number of rotatable bonds is 8. The van der Waals surface area contributed by atoms with Gasteiger partial charge in [-0.2, -0.15) is 0 Å². The number of thioether (sulfide) groups is 1. The number of halogens is 1. The van der Waals surface area contributed by atoms with Crippen molar-refractivity contribution in [3.05, 3.63) is 97.9 Å². The lowest BCUT2D eigenvalue weighted by Crippen LogP contribution is -2.27. The Morgan fingerprint density at radius 3 is 2.43 bits per heavy atom. The van der Waals surface area contributed by atoms with Gasteiger partial charge in [-0.1, -0.05) is 41.6 Å². The van der Waals surface area contributed by atoms with Gasteiger partial charge in [0.15, 0.2) is 15.8 Å². The molecule has 0 aliphatic carbocycles. The highest BCUT2D eigenvalue weighted by atomic mass is 35.5. The second-order valence-electron chi connectivity index (χ2n) is 7.34. The van der Waals surface area contributed by atoms with Gasteiger partial charge in [0.25, 0.3) is 11.6 Å². The molecule has 1 saturated heterocycles. The van der Waals surface area contributed by atoms with Gasteiger partial charge in [-0.15, -0.1) is 0 Å². The van der Waals surface area contributed by atoms with Crippen LogP contribution in [0.5, 0.6) is 11.5 Å². The summed E-state index contributed by atoms with van der Waals surface area (Å²) in [6.07, 6.45) is 1.76. The quantitative estimate of drug-likeness (QED) is 0.141. The molecule has 0 N–H and O–H groups in total. The molecule has 178 valence electrons. The van der Waals surface area contributed by atoms with Gasteiger partial charge in [0, 0.05) is 17.2 Å². The Morgan fingerprint density at radius 1 is 1.06 bits per heavy atom. The van der Waals surface area contributed by atoms with Gasteiger partial charge in [0.2, 0.25) is 0 Å². The smallest absolute Gasteiger partial charge is 0.270 e. The Bertz CT molecular complexity index is 1310. The van der Waals surface area contributed by atoms with Gasteiger partial charge in [-0.25, -0.2) is 0 Å². The molecule has 0 radical (unpaired) electrons. The van der Waals surface area contributed by atoms with Crippen LogP contribution < -0.4 is 14.4 Å². The first kappa shape index (κ1) is 24.7. The van der Waals surface area contributed by atoms with Crippen LogP contribution in [0.1, 0.15) is 18.1 Å². The summed E-state index contributed by atoms with van der Waals surface area (Å²) in [6, 6.07) is 18.5. The topological polar surface area (TPSA) is 81.9 Å². The van der Waals surface area contributed by atoms with E-state index in [4.69, 9.17) is 33.3 Å². The zero-order valence-electron chi connectivity index (χ0n) is 18.5. The summed E-state index contributed by atoms with van der Waals surface area (Å²) in [6.45, 7) is 2.51. The first-order valence-corrected chi connectivity index (χ1v) is 12.1. The Balaban J connectivity index is 1.52. The maximum absolute atomic E-state index is 13.0. The number of nitro groups is 1. The van der Waals surface area contributed by atoms with E-state index in [1.165, 1.54) is 28.8 Å². The lowest BCUT2D eigenvalue weighted by atomic mass is 10.1. The maximum Gasteiger partial charge on any atom is 0.270 e. The second kappa shape index (κ2) is 10.9. The van der Waals surface area contributed by atoms with Crippen molar-refractivity contribution in [1.29, 1.82) is 0 Å². The fraction of sp³-hybridized carbons (Fsp3) is 0.120. The minimum absolute atomic E-state index is 0.0228. The minimum Gasteiger partial charge on any atom is -0.490 e. The molecule has 4 rings (SSSR count). The van der Waals surface area contributed by atoms with Crippen LogP contribution in [-0.4, -0.2) is 21.8 Å². The van der Waals surface area contributed by atoms with E-state index in [1.54, 1.807) is 54.6 Å². The zero-order chi connectivity index (χ0) is 24.9. The van der Waals surface area contributed by atoms with Crippen LogP contribution >= 0.6 is 35.6 Å². The molecule has 35 heavy (non-hydrogen) atoms. The molecule has 1 aliphatic rings. The maximum atomic E-state index is 13.0. The highest BCUT2D eigenvalue weighted by molar-refractivity contribution is 8.27. The average molecular weight is 527 g/mol. The standard InChI is InChI=1S/C25H19ClN2O5S2/c1-2-32-22-13-17(5-12-21(22)33-15-16-3-8-20(9-4-16)28(30)31)14-23-24(29)27(25(34)35-23)19-10-6-18(26)7-11-19/h3-14H,2,15H2,1H3/b23-14-. The van der Waals surface area contributed by atoms with Crippen LogP contribution in [0, 0.1) is 10.1 Å². The lowest BCUT2D eigenvalue weighted by Gasteiger charge is -2.14. The molecule has 7 nitrogen and oxygen atoms in total. The van der Waals surface area contributed by atoms with Gasteiger partial charge in [0.05, 0.1) is 22.1 Å². The van der Waals surface area contributed by atoms with Gasteiger partial charge in [0.1, 0.15) is 6.61 Å². The molecular formula is C25H19ClN2O5S2. The molecule has 0 bridgehead atoms. The van der Waals surface area contributed by atoms with E-state index < -0.39 is 4.92 Å². The van der Waals surface area contributed by atoms with Crippen molar-refractivity contribution in [2.24, 2.45) is 0 Å². The average Bonchev–Trinajstić information content (AvgIpc) is 3.12. The van der Waals surface area contributed by atoms with Crippen molar-refractivity contribution in [1.82, 2.24) is 0 Å². The zero-order valence-corrected chi connectivity index (χ0v) is 20.9. The molecule has 0 saturated carbocycles. The van der Waals surface area contributed by atoms with Gasteiger partial charge < -0.3 is 9.47 Å². The van der Waals surface area contributed by atoms with Crippen molar-refractivity contribution >= 4 is 63.3 Å². The van der Waals surface area contributed by atoms with E-state index in [1.807, 2.05) is 13.0 Å². The van der Waals surface area contributed by atoms with Crippen LogP contribution in [0.25, 0.3) is 6.08 Å². The van der Waals surface area contributed by atoms with E-state index in [0.29, 0.717) is 38.0 Å². The van der Waals surface area contributed by atoms with Crippen molar-refractivity contribution in [3.8, 4) is 11.5 Å². The molecule has 0 unspecified atom stereocenters. The molecular weight excluding hydrogens is 508 g/mol. The van der Waals surface area contributed by atoms with Crippen molar-refractivity contribution in [2.75, 3.05) is 11.5 Å². The first-order valence-electron chi connectivity index (χ1n) is 10.5. The number of anilines is 1. The van der Waals surface area contributed by atoms with Crippen LogP contribution in [0.2, 0.25) is 5.02 Å². The SMILES string of the molecule is CCOc1cc(/C=C2\SC(=S)N(c3ccc(Cl)cc3)C2=O)ccc1OCc1ccc([N+](=O)[O-])cc1. The van der Waals surface area contributed by atoms with Gasteiger partial charge in [-0.05, 0) is 72.7 Å². The van der Waals surface area contributed by atoms with E-state index in [2.05, 4.69) is 0 Å². The van der Waals surface area contributed by atoms with Gasteiger partial charge in [-0.3, -0.25) is 19.8 Å². The molecule has 0 aromatic heterocycles. The summed E-state index contributed by atoms with van der Waals surface area (Å²) < 4.78 is 12.1. The Kier molecular flexibility index (Phi) is 7.70. The Labute approximate surface area is 216 Å². The molecule has 10 heteroatoms. The lowest BCUT2D eigenvalue weighted by molar-refractivity contribution is -0.384. The fourth-order valence-corrected chi connectivity index (χ4v) is 4.73. The molecule has 0 spiro atoms. The summed E-state index contributed by atoms with van der Waals surface area (Å²) in [5.41, 5.74) is 2.22. The van der Waals surface area contributed by atoms with Crippen LogP contribution in [-0.2, 0) is 11.4 Å². The number of amides is 1. The third kappa shape index (κ3) is 5.82. The molecule has 0 atom stereocenters. The summed E-state index contributed by atoms with van der Waals surface area (Å²) in [4.78, 5) is 25.4. The summed E-state index contributed by atoms with van der Waals surface area (Å²) in [5, 5.41) is 11.4. The predicted octanol–water partition coefficient (Wildman–Crippen LogP) is 6.63. The van der Waals surface area contributed by atoms with Crippen molar-refractivity contribution in [2.45, 2.75) is 13.5 Å². The van der Waals surface area contributed by atoms with Crippen molar-refractivity contribution in [3.63, 3.8) is 0 Å². The Hall–Kier alpha value is -3.40. The third-order valence-electron chi connectivity index (χ3n) is 4.99. The second-order valence-corrected chi connectivity index (χ2v) is 9.46. The number of benzene rings is 3. The molecule has 1 amide bonds.